The van der Waals surface area contributed by atoms with E-state index < -0.39 is 5.91 Å². The lowest BCUT2D eigenvalue weighted by molar-refractivity contribution is -0.217. The molecule has 1 N–H and O–H groups in total. The van der Waals surface area contributed by atoms with Gasteiger partial charge in [-0.2, -0.15) is 0 Å². The van der Waals surface area contributed by atoms with E-state index in [1.54, 1.807) is 6.92 Å². The average Bonchev–Trinajstić information content (AvgIpc) is 2.09. The number of hydroxylamine groups is 1. The minimum atomic E-state index is -0.563. The summed E-state index contributed by atoms with van der Waals surface area (Å²) in [5.41, 5.74) is 0. The molecule has 0 atom stereocenters. The van der Waals surface area contributed by atoms with E-state index in [9.17, 15) is 9.59 Å². The van der Waals surface area contributed by atoms with Gasteiger partial charge >= 0.3 is 0 Å². The second-order valence-electron chi connectivity index (χ2n) is 1.97. The summed E-state index contributed by atoms with van der Waals surface area (Å²) in [5.74, 6) is -0.915. The largest absolute Gasteiger partial charge is 0.276 e. The molecule has 0 saturated carbocycles. The number of carbonyl (C=O) groups excluding carboxylic acids is 2. The molecule has 1 aliphatic heterocycles. The number of nitrogens with zero attached hydrogens (tertiary/aromatic N) is 2. The highest BCUT2D eigenvalue weighted by molar-refractivity contribution is 6.01. The number of hydrogen-bond acceptors (Lipinski definition) is 3. The molecule has 0 radical (unpaired) electrons. The van der Waals surface area contributed by atoms with Gasteiger partial charge in [0.1, 0.15) is 6.42 Å². The van der Waals surface area contributed by atoms with Crippen molar-refractivity contribution in [1.82, 2.24) is 10.2 Å². The Bertz CT molecular complexity index is 180. The molecular formula is C5H8N2O3. The van der Waals surface area contributed by atoms with Gasteiger partial charge in [-0.1, -0.05) is 0 Å². The maximum atomic E-state index is 10.7. The zero-order chi connectivity index (χ0) is 7.72. The van der Waals surface area contributed by atoms with E-state index in [2.05, 4.69) is 0 Å². The molecule has 2 amide bonds. The summed E-state index contributed by atoms with van der Waals surface area (Å²) >= 11 is 0. The molecule has 1 rings (SSSR count). The number of hydrazine groups is 1. The monoisotopic (exact) mass is 144 g/mol. The molecule has 0 aromatic rings. The van der Waals surface area contributed by atoms with E-state index >= 15 is 0 Å². The summed E-state index contributed by atoms with van der Waals surface area (Å²) in [6.07, 6.45) is -0.218. The van der Waals surface area contributed by atoms with E-state index in [0.29, 0.717) is 11.7 Å². The molecular weight excluding hydrogens is 136 g/mol. The Labute approximate surface area is 57.8 Å². The molecule has 0 aromatic heterocycles. The zero-order valence-electron chi connectivity index (χ0n) is 5.57. The standard InChI is InChI=1S/C5H8N2O3/c1-2-6-4(8)3-5(9)7(6)10/h10H,2-3H2,1H3. The molecule has 1 heterocycles. The first kappa shape index (κ1) is 7.01. The normalized spacial score (nSPS) is 19.0. The van der Waals surface area contributed by atoms with Crippen molar-refractivity contribution < 1.29 is 14.8 Å². The van der Waals surface area contributed by atoms with Crippen LogP contribution >= 0.6 is 0 Å². The summed E-state index contributed by atoms with van der Waals surface area (Å²) in [4.78, 5) is 21.3. The fraction of sp³-hybridized carbons (Fsp3) is 0.600. The van der Waals surface area contributed by atoms with Crippen molar-refractivity contribution in [3.05, 3.63) is 0 Å². The fourth-order valence-corrected chi connectivity index (χ4v) is 0.842. The molecule has 0 spiro atoms. The van der Waals surface area contributed by atoms with E-state index in [0.717, 1.165) is 5.01 Å². The van der Waals surface area contributed by atoms with Gasteiger partial charge in [0.15, 0.2) is 0 Å². The highest BCUT2D eigenvalue weighted by Gasteiger charge is 2.33. The first-order valence-corrected chi connectivity index (χ1v) is 2.99. The Hall–Kier alpha value is -1.10. The number of rotatable bonds is 1. The summed E-state index contributed by atoms with van der Waals surface area (Å²) in [6, 6.07) is 0. The van der Waals surface area contributed by atoms with Crippen molar-refractivity contribution >= 4 is 11.8 Å². The summed E-state index contributed by atoms with van der Waals surface area (Å²) < 4.78 is 0. The van der Waals surface area contributed by atoms with E-state index in [4.69, 9.17) is 5.21 Å². The highest BCUT2D eigenvalue weighted by atomic mass is 16.6. The van der Waals surface area contributed by atoms with Gasteiger partial charge in [0.25, 0.3) is 11.8 Å². The lowest BCUT2D eigenvalue weighted by atomic mass is 10.4. The van der Waals surface area contributed by atoms with Crippen molar-refractivity contribution in [2.45, 2.75) is 13.3 Å². The van der Waals surface area contributed by atoms with Gasteiger partial charge in [0.2, 0.25) is 0 Å². The van der Waals surface area contributed by atoms with Gasteiger partial charge in [0, 0.05) is 6.54 Å². The SMILES string of the molecule is CCN1C(=O)CC(=O)N1O. The third-order valence-electron chi connectivity index (χ3n) is 1.34. The van der Waals surface area contributed by atoms with E-state index in [1.807, 2.05) is 0 Å². The third-order valence-corrected chi connectivity index (χ3v) is 1.34. The van der Waals surface area contributed by atoms with Gasteiger partial charge < -0.3 is 0 Å². The Balaban J connectivity index is 2.73. The van der Waals surface area contributed by atoms with Crippen LogP contribution in [0.25, 0.3) is 0 Å². The summed E-state index contributed by atoms with van der Waals surface area (Å²) in [7, 11) is 0. The van der Waals surface area contributed by atoms with Crippen LogP contribution in [-0.4, -0.2) is 33.7 Å². The molecule has 0 unspecified atom stereocenters. The fourth-order valence-electron chi connectivity index (χ4n) is 0.842. The molecule has 10 heavy (non-hydrogen) atoms. The van der Waals surface area contributed by atoms with Crippen LogP contribution in [0.1, 0.15) is 13.3 Å². The molecule has 5 nitrogen and oxygen atoms in total. The lowest BCUT2D eigenvalue weighted by Gasteiger charge is -2.18. The first-order chi connectivity index (χ1) is 4.66. The molecule has 5 heteroatoms. The Morgan fingerprint density at radius 3 is 2.30 bits per heavy atom. The van der Waals surface area contributed by atoms with Crippen LogP contribution in [0.15, 0.2) is 0 Å². The first-order valence-electron chi connectivity index (χ1n) is 2.99. The van der Waals surface area contributed by atoms with Gasteiger partial charge in [-0.05, 0) is 6.92 Å². The van der Waals surface area contributed by atoms with Crippen LogP contribution in [0, 0.1) is 0 Å². The van der Waals surface area contributed by atoms with Crippen LogP contribution in [0.3, 0.4) is 0 Å². The van der Waals surface area contributed by atoms with Crippen molar-refractivity contribution in [3.8, 4) is 0 Å². The second kappa shape index (κ2) is 2.26. The maximum absolute atomic E-state index is 10.7. The van der Waals surface area contributed by atoms with E-state index in [1.165, 1.54) is 0 Å². The predicted molar refractivity (Wildman–Crippen MR) is 30.6 cm³/mol. The van der Waals surface area contributed by atoms with Crippen LogP contribution in [0.2, 0.25) is 0 Å². The van der Waals surface area contributed by atoms with Gasteiger partial charge in [-0.3, -0.25) is 14.8 Å². The van der Waals surface area contributed by atoms with Crippen molar-refractivity contribution in [2.24, 2.45) is 0 Å². The topological polar surface area (TPSA) is 60.9 Å². The number of carbonyl (C=O) groups is 2. The molecule has 0 bridgehead atoms. The molecule has 0 aliphatic carbocycles. The molecule has 0 aromatic carbocycles. The molecule has 1 fully saturated rings. The van der Waals surface area contributed by atoms with Crippen LogP contribution in [0.5, 0.6) is 0 Å². The molecule has 56 valence electrons. The predicted octanol–water partition coefficient (Wildman–Crippen LogP) is -0.629. The van der Waals surface area contributed by atoms with Gasteiger partial charge in [-0.15, -0.1) is 5.17 Å². The molecule has 1 saturated heterocycles. The quantitative estimate of drug-likeness (QED) is 0.393. The van der Waals surface area contributed by atoms with Gasteiger partial charge in [0.05, 0.1) is 0 Å². The van der Waals surface area contributed by atoms with Crippen molar-refractivity contribution in [3.63, 3.8) is 0 Å². The van der Waals surface area contributed by atoms with E-state index in [-0.39, 0.29) is 12.3 Å². The van der Waals surface area contributed by atoms with Gasteiger partial charge in [-0.25, -0.2) is 5.01 Å². The van der Waals surface area contributed by atoms with Crippen molar-refractivity contribution in [1.29, 1.82) is 0 Å². The van der Waals surface area contributed by atoms with Crippen molar-refractivity contribution in [2.75, 3.05) is 6.54 Å². The minimum Gasteiger partial charge on any atom is -0.272 e. The maximum Gasteiger partial charge on any atom is 0.276 e. The Morgan fingerprint density at radius 1 is 1.50 bits per heavy atom. The third kappa shape index (κ3) is 0.841. The second-order valence-corrected chi connectivity index (χ2v) is 1.97. The summed E-state index contributed by atoms with van der Waals surface area (Å²) in [6.45, 7) is 2.00. The number of amides is 2. The lowest BCUT2D eigenvalue weighted by Crippen LogP contribution is -2.37. The number of hydrogen-bond donors (Lipinski definition) is 1. The smallest absolute Gasteiger partial charge is 0.272 e. The zero-order valence-corrected chi connectivity index (χ0v) is 5.57. The Morgan fingerprint density at radius 2 is 2.10 bits per heavy atom. The van der Waals surface area contributed by atoms with Crippen LogP contribution in [0.4, 0.5) is 0 Å². The summed E-state index contributed by atoms with van der Waals surface area (Å²) in [5, 5.41) is 10.2. The molecule has 1 aliphatic rings. The van der Waals surface area contributed by atoms with Crippen LogP contribution < -0.4 is 0 Å². The Kier molecular flexibility index (Phi) is 1.58. The van der Waals surface area contributed by atoms with Crippen LogP contribution in [-0.2, 0) is 9.59 Å². The average molecular weight is 144 g/mol. The minimum absolute atomic E-state index is 0.218. The highest BCUT2D eigenvalue weighted by Crippen LogP contribution is 2.09.